The molecule has 0 radical (unpaired) electrons. The second kappa shape index (κ2) is 5.16. The van der Waals surface area contributed by atoms with Gasteiger partial charge in [-0.3, -0.25) is 4.79 Å². The van der Waals surface area contributed by atoms with Gasteiger partial charge in [0.1, 0.15) is 0 Å². The summed E-state index contributed by atoms with van der Waals surface area (Å²) in [4.78, 5) is 17.0. The lowest BCUT2D eigenvalue weighted by atomic mass is 10.2. The van der Waals surface area contributed by atoms with Crippen molar-refractivity contribution in [3.05, 3.63) is 35.2 Å². The summed E-state index contributed by atoms with van der Waals surface area (Å²) in [5.41, 5.74) is 0. The number of likely N-dealkylation sites (tertiary alicyclic amines) is 1. The van der Waals surface area contributed by atoms with Gasteiger partial charge in [-0.15, -0.1) is 11.3 Å². The highest BCUT2D eigenvalue weighted by Crippen LogP contribution is 2.27. The van der Waals surface area contributed by atoms with Crippen LogP contribution in [0.15, 0.2) is 30.3 Å². The smallest absolute Gasteiger partial charge is 0.264 e. The Hall–Kier alpha value is -1.43. The summed E-state index contributed by atoms with van der Waals surface area (Å²) in [5.74, 6) is 0.0228. The molecule has 0 spiro atoms. The van der Waals surface area contributed by atoms with Crippen molar-refractivity contribution in [2.75, 3.05) is 27.2 Å². The number of carbonyl (C=O) groups is 1. The van der Waals surface area contributed by atoms with Crippen molar-refractivity contribution in [3.8, 4) is 0 Å². The number of amides is 1. The molecule has 0 aliphatic carbocycles. The van der Waals surface area contributed by atoms with Crippen LogP contribution in [0.3, 0.4) is 0 Å². The van der Waals surface area contributed by atoms with Crippen LogP contribution in [0.4, 0.5) is 0 Å². The highest BCUT2D eigenvalue weighted by molar-refractivity contribution is 7.20. The zero-order chi connectivity index (χ0) is 14.3. The third-order valence-electron chi connectivity index (χ3n) is 3.85. The minimum Gasteiger partial charge on any atom is -0.390 e. The van der Waals surface area contributed by atoms with Gasteiger partial charge < -0.3 is 14.9 Å². The van der Waals surface area contributed by atoms with E-state index in [0.717, 1.165) is 15.0 Å². The van der Waals surface area contributed by atoms with Crippen LogP contribution in [0.5, 0.6) is 0 Å². The number of carbonyl (C=O) groups excluding carboxylic acids is 1. The Morgan fingerprint density at radius 3 is 2.75 bits per heavy atom. The number of aliphatic hydroxyl groups excluding tert-OH is 1. The summed E-state index contributed by atoms with van der Waals surface area (Å²) in [6, 6.07) is 9.97. The van der Waals surface area contributed by atoms with Gasteiger partial charge in [-0.05, 0) is 31.6 Å². The van der Waals surface area contributed by atoms with Gasteiger partial charge >= 0.3 is 0 Å². The highest BCUT2D eigenvalue weighted by Gasteiger charge is 2.35. The number of fused-ring (bicyclic) bond motifs is 1. The molecule has 1 fully saturated rings. The number of hydrogen-bond acceptors (Lipinski definition) is 4. The van der Waals surface area contributed by atoms with E-state index in [1.165, 1.54) is 11.3 Å². The number of likely N-dealkylation sites (N-methyl/N-ethyl adjacent to an activating group) is 1. The van der Waals surface area contributed by atoms with E-state index >= 15 is 0 Å². The Kier molecular flexibility index (Phi) is 3.50. The summed E-state index contributed by atoms with van der Waals surface area (Å²) < 4.78 is 1.12. The van der Waals surface area contributed by atoms with Gasteiger partial charge in [-0.25, -0.2) is 0 Å². The van der Waals surface area contributed by atoms with Gasteiger partial charge in [0.2, 0.25) is 0 Å². The van der Waals surface area contributed by atoms with E-state index in [1.807, 2.05) is 49.3 Å². The van der Waals surface area contributed by atoms with Gasteiger partial charge in [0.25, 0.3) is 5.91 Å². The zero-order valence-corrected chi connectivity index (χ0v) is 12.4. The third-order valence-corrected chi connectivity index (χ3v) is 4.95. The predicted octanol–water partition coefficient (Wildman–Crippen LogP) is 1.65. The van der Waals surface area contributed by atoms with Crippen LogP contribution < -0.4 is 0 Å². The van der Waals surface area contributed by atoms with Crippen LogP contribution >= 0.6 is 11.3 Å². The first kappa shape index (κ1) is 13.5. The van der Waals surface area contributed by atoms with Gasteiger partial charge in [0.15, 0.2) is 0 Å². The molecule has 2 heterocycles. The maximum atomic E-state index is 12.5. The molecule has 5 heteroatoms. The molecule has 0 bridgehead atoms. The number of aliphatic hydroxyl groups is 1. The largest absolute Gasteiger partial charge is 0.390 e. The number of nitrogens with zero attached hydrogens (tertiary/aromatic N) is 2. The van der Waals surface area contributed by atoms with Gasteiger partial charge in [-0.2, -0.15) is 0 Å². The monoisotopic (exact) mass is 290 g/mol. The van der Waals surface area contributed by atoms with E-state index in [0.29, 0.717) is 13.1 Å². The lowest BCUT2D eigenvalue weighted by Gasteiger charge is -2.21. The van der Waals surface area contributed by atoms with E-state index in [-0.39, 0.29) is 11.9 Å². The normalized spacial score (nSPS) is 22.9. The summed E-state index contributed by atoms with van der Waals surface area (Å²) >= 11 is 1.52. The van der Waals surface area contributed by atoms with Crippen molar-refractivity contribution in [1.82, 2.24) is 9.80 Å². The van der Waals surface area contributed by atoms with Crippen LogP contribution in [-0.2, 0) is 0 Å². The van der Waals surface area contributed by atoms with Gasteiger partial charge in [0, 0.05) is 17.8 Å². The average Bonchev–Trinajstić information content (AvgIpc) is 3.01. The lowest BCUT2D eigenvalue weighted by molar-refractivity contribution is 0.0768. The van der Waals surface area contributed by atoms with Crippen LogP contribution in [0.2, 0.25) is 0 Å². The fourth-order valence-electron chi connectivity index (χ4n) is 2.69. The number of β-amino-alcohol motifs (C(OH)–C–C–N with tert-alkyl or cyclic N) is 1. The summed E-state index contributed by atoms with van der Waals surface area (Å²) in [7, 11) is 3.86. The van der Waals surface area contributed by atoms with E-state index in [9.17, 15) is 9.90 Å². The van der Waals surface area contributed by atoms with Crippen molar-refractivity contribution in [2.45, 2.75) is 12.1 Å². The molecule has 0 saturated carbocycles. The molecule has 1 aromatic carbocycles. The lowest BCUT2D eigenvalue weighted by Crippen LogP contribution is -2.38. The molecule has 0 unspecified atom stereocenters. The number of benzene rings is 1. The number of thiophene rings is 1. The van der Waals surface area contributed by atoms with Crippen LogP contribution in [0, 0.1) is 0 Å². The van der Waals surface area contributed by atoms with E-state index in [2.05, 4.69) is 0 Å². The number of hydrogen-bond donors (Lipinski definition) is 1. The molecule has 2 atom stereocenters. The molecule has 2 aromatic rings. The summed E-state index contributed by atoms with van der Waals surface area (Å²) in [5, 5.41) is 11.1. The summed E-state index contributed by atoms with van der Waals surface area (Å²) in [6.07, 6.45) is -0.469. The van der Waals surface area contributed by atoms with Crippen molar-refractivity contribution < 1.29 is 9.90 Å². The molecule has 20 heavy (non-hydrogen) atoms. The Bertz CT molecular complexity index is 605. The average molecular weight is 290 g/mol. The van der Waals surface area contributed by atoms with Crippen LogP contribution in [-0.4, -0.2) is 60.1 Å². The van der Waals surface area contributed by atoms with Gasteiger partial charge in [-0.1, -0.05) is 18.2 Å². The molecular weight excluding hydrogens is 272 g/mol. The second-order valence-electron chi connectivity index (χ2n) is 5.46. The standard InChI is InChI=1S/C15H18N2O2S/c1-16(2)11-8-17(9-12(11)18)15(19)14-7-10-5-3-4-6-13(10)20-14/h3-7,11-12,18H,8-9H2,1-2H3/t11-,12-/m1/s1. The van der Waals surface area contributed by atoms with E-state index < -0.39 is 6.10 Å². The first-order valence-electron chi connectivity index (χ1n) is 6.68. The van der Waals surface area contributed by atoms with Crippen molar-refractivity contribution in [3.63, 3.8) is 0 Å². The Morgan fingerprint density at radius 1 is 1.35 bits per heavy atom. The topological polar surface area (TPSA) is 43.8 Å². The first-order chi connectivity index (χ1) is 9.56. The van der Waals surface area contributed by atoms with Crippen molar-refractivity contribution >= 4 is 27.3 Å². The molecule has 4 nitrogen and oxygen atoms in total. The molecule has 1 N–H and O–H groups in total. The molecule has 1 saturated heterocycles. The first-order valence-corrected chi connectivity index (χ1v) is 7.50. The van der Waals surface area contributed by atoms with Gasteiger partial charge in [0.05, 0.1) is 17.0 Å². The molecule has 1 amide bonds. The van der Waals surface area contributed by atoms with Crippen LogP contribution in [0.1, 0.15) is 9.67 Å². The summed E-state index contributed by atoms with van der Waals surface area (Å²) in [6.45, 7) is 0.997. The molecule has 1 aliphatic rings. The molecule has 1 aliphatic heterocycles. The van der Waals surface area contributed by atoms with Crippen molar-refractivity contribution in [1.29, 1.82) is 0 Å². The Balaban J connectivity index is 1.82. The maximum Gasteiger partial charge on any atom is 0.264 e. The fourth-order valence-corrected chi connectivity index (χ4v) is 3.72. The minimum absolute atomic E-state index is 0.0216. The molecule has 3 rings (SSSR count). The van der Waals surface area contributed by atoms with E-state index in [4.69, 9.17) is 0 Å². The Morgan fingerprint density at radius 2 is 2.10 bits per heavy atom. The maximum absolute atomic E-state index is 12.5. The fraction of sp³-hybridized carbons (Fsp3) is 0.400. The highest BCUT2D eigenvalue weighted by atomic mass is 32.1. The Labute approximate surface area is 122 Å². The van der Waals surface area contributed by atoms with E-state index in [1.54, 1.807) is 4.90 Å². The van der Waals surface area contributed by atoms with Crippen molar-refractivity contribution in [2.24, 2.45) is 0 Å². The minimum atomic E-state index is -0.469. The number of rotatable bonds is 2. The second-order valence-corrected chi connectivity index (χ2v) is 6.54. The quantitative estimate of drug-likeness (QED) is 0.914. The molecular formula is C15H18N2O2S. The molecule has 1 aromatic heterocycles. The third kappa shape index (κ3) is 2.32. The van der Waals surface area contributed by atoms with Crippen LogP contribution in [0.25, 0.3) is 10.1 Å². The predicted molar refractivity (Wildman–Crippen MR) is 81.2 cm³/mol. The SMILES string of the molecule is CN(C)[C@@H]1CN(C(=O)c2cc3ccccc3s2)C[C@H]1O. The zero-order valence-electron chi connectivity index (χ0n) is 11.6. The molecule has 106 valence electrons.